The van der Waals surface area contributed by atoms with Crippen LogP contribution in [0.3, 0.4) is 0 Å². The van der Waals surface area contributed by atoms with E-state index in [1.165, 1.54) is 12.4 Å². The van der Waals surface area contributed by atoms with Crippen molar-refractivity contribution in [2.75, 3.05) is 32.5 Å². The molecule has 7 heteroatoms. The minimum atomic E-state index is -0.230. The average molecular weight is 289 g/mol. The van der Waals surface area contributed by atoms with Crippen LogP contribution < -0.4 is 10.6 Å². The topological polar surface area (TPSA) is 83.3 Å². The fourth-order valence-corrected chi connectivity index (χ4v) is 1.61. The van der Waals surface area contributed by atoms with Gasteiger partial charge in [-0.2, -0.15) is 0 Å². The Labute approximate surface area is 123 Å². The Morgan fingerprint density at radius 3 is 2.71 bits per heavy atom. The lowest BCUT2D eigenvalue weighted by molar-refractivity contribution is 0.0947. The molecule has 2 aromatic rings. The SMILES string of the molecule is CN(C)CCNc1ncc(C(=O)NCc2ccco2)cn1. The lowest BCUT2D eigenvalue weighted by atomic mass is 10.3. The van der Waals surface area contributed by atoms with E-state index in [4.69, 9.17) is 4.42 Å². The van der Waals surface area contributed by atoms with Crippen molar-refractivity contribution in [3.8, 4) is 0 Å². The molecule has 0 spiro atoms. The Kier molecular flexibility index (Phi) is 5.28. The summed E-state index contributed by atoms with van der Waals surface area (Å²) >= 11 is 0. The summed E-state index contributed by atoms with van der Waals surface area (Å²) in [5.74, 6) is 0.983. The fourth-order valence-electron chi connectivity index (χ4n) is 1.61. The Morgan fingerprint density at radius 1 is 1.33 bits per heavy atom. The smallest absolute Gasteiger partial charge is 0.254 e. The average Bonchev–Trinajstić information content (AvgIpc) is 2.98. The fraction of sp³-hybridized carbons (Fsp3) is 0.357. The number of anilines is 1. The van der Waals surface area contributed by atoms with Crippen LogP contribution in [0.4, 0.5) is 5.95 Å². The number of carbonyl (C=O) groups excluding carboxylic acids is 1. The Bertz CT molecular complexity index is 551. The minimum Gasteiger partial charge on any atom is -0.467 e. The van der Waals surface area contributed by atoms with Crippen LogP contribution in [0.1, 0.15) is 16.1 Å². The standard InChI is InChI=1S/C14H19N5O2/c1-19(2)6-5-15-14-17-8-11(9-18-14)13(20)16-10-12-4-3-7-21-12/h3-4,7-9H,5-6,10H2,1-2H3,(H,16,20)(H,15,17,18). The molecule has 0 aliphatic carbocycles. The Hall–Kier alpha value is -2.41. The van der Waals surface area contributed by atoms with E-state index >= 15 is 0 Å². The number of nitrogens with one attached hydrogen (secondary N) is 2. The van der Waals surface area contributed by atoms with Gasteiger partial charge in [0.05, 0.1) is 18.4 Å². The second-order valence-corrected chi connectivity index (χ2v) is 4.79. The van der Waals surface area contributed by atoms with Gasteiger partial charge in [0.15, 0.2) is 0 Å². The van der Waals surface area contributed by atoms with Gasteiger partial charge in [0.1, 0.15) is 5.76 Å². The predicted octanol–water partition coefficient (Wildman–Crippen LogP) is 0.973. The van der Waals surface area contributed by atoms with E-state index in [-0.39, 0.29) is 5.91 Å². The van der Waals surface area contributed by atoms with Gasteiger partial charge in [0.2, 0.25) is 5.95 Å². The first-order chi connectivity index (χ1) is 10.1. The molecule has 2 aromatic heterocycles. The number of likely N-dealkylation sites (N-methyl/N-ethyl adjacent to an activating group) is 1. The molecule has 0 unspecified atom stereocenters. The predicted molar refractivity (Wildman–Crippen MR) is 79.0 cm³/mol. The monoisotopic (exact) mass is 289 g/mol. The molecule has 0 radical (unpaired) electrons. The van der Waals surface area contributed by atoms with E-state index in [1.54, 1.807) is 18.4 Å². The zero-order valence-electron chi connectivity index (χ0n) is 12.2. The van der Waals surface area contributed by atoms with Crippen molar-refractivity contribution < 1.29 is 9.21 Å². The van der Waals surface area contributed by atoms with Crippen LogP contribution in [-0.2, 0) is 6.54 Å². The summed E-state index contributed by atoms with van der Waals surface area (Å²) in [6.45, 7) is 1.97. The molecule has 0 fully saturated rings. The molecule has 0 aliphatic rings. The van der Waals surface area contributed by atoms with Crippen molar-refractivity contribution in [3.05, 3.63) is 42.1 Å². The number of furan rings is 1. The van der Waals surface area contributed by atoms with Crippen LogP contribution in [-0.4, -0.2) is 48.0 Å². The number of nitrogens with zero attached hydrogens (tertiary/aromatic N) is 3. The van der Waals surface area contributed by atoms with Crippen molar-refractivity contribution >= 4 is 11.9 Å². The molecule has 1 amide bonds. The molecule has 0 aliphatic heterocycles. The molecule has 7 nitrogen and oxygen atoms in total. The highest BCUT2D eigenvalue weighted by Crippen LogP contribution is 2.02. The molecule has 0 bridgehead atoms. The van der Waals surface area contributed by atoms with Crippen LogP contribution in [0.2, 0.25) is 0 Å². The number of hydrogen-bond acceptors (Lipinski definition) is 6. The lowest BCUT2D eigenvalue weighted by Crippen LogP contribution is -2.23. The molecule has 0 aromatic carbocycles. The highest BCUT2D eigenvalue weighted by molar-refractivity contribution is 5.93. The van der Waals surface area contributed by atoms with E-state index in [0.717, 1.165) is 13.1 Å². The molecule has 2 heterocycles. The first-order valence-electron chi connectivity index (χ1n) is 6.66. The van der Waals surface area contributed by atoms with E-state index in [9.17, 15) is 4.79 Å². The maximum atomic E-state index is 11.9. The number of carbonyl (C=O) groups is 1. The summed E-state index contributed by atoms with van der Waals surface area (Å²) in [7, 11) is 3.99. The van der Waals surface area contributed by atoms with E-state index in [2.05, 4.69) is 25.5 Å². The zero-order chi connectivity index (χ0) is 15.1. The van der Waals surface area contributed by atoms with Gasteiger partial charge in [-0.1, -0.05) is 0 Å². The van der Waals surface area contributed by atoms with Gasteiger partial charge in [-0.15, -0.1) is 0 Å². The molecule has 0 atom stereocenters. The molecule has 112 valence electrons. The maximum Gasteiger partial charge on any atom is 0.254 e. The molecular formula is C14H19N5O2. The van der Waals surface area contributed by atoms with Gasteiger partial charge in [0, 0.05) is 25.5 Å². The van der Waals surface area contributed by atoms with Gasteiger partial charge >= 0.3 is 0 Å². The highest BCUT2D eigenvalue weighted by Gasteiger charge is 2.07. The van der Waals surface area contributed by atoms with Crippen LogP contribution in [0.15, 0.2) is 35.2 Å². The third kappa shape index (κ3) is 4.88. The third-order valence-electron chi connectivity index (χ3n) is 2.76. The van der Waals surface area contributed by atoms with Crippen LogP contribution in [0.25, 0.3) is 0 Å². The van der Waals surface area contributed by atoms with Crippen molar-refractivity contribution in [1.29, 1.82) is 0 Å². The van der Waals surface area contributed by atoms with Crippen LogP contribution in [0.5, 0.6) is 0 Å². The summed E-state index contributed by atoms with van der Waals surface area (Å²) in [5, 5.41) is 5.83. The summed E-state index contributed by atoms with van der Waals surface area (Å²) in [6, 6.07) is 3.58. The number of hydrogen-bond donors (Lipinski definition) is 2. The molecule has 0 saturated carbocycles. The van der Waals surface area contributed by atoms with Crippen molar-refractivity contribution in [1.82, 2.24) is 20.2 Å². The van der Waals surface area contributed by atoms with Crippen molar-refractivity contribution in [3.63, 3.8) is 0 Å². The second kappa shape index (κ2) is 7.39. The summed E-state index contributed by atoms with van der Waals surface area (Å²) in [6.07, 6.45) is 4.57. The molecule has 2 N–H and O–H groups in total. The summed E-state index contributed by atoms with van der Waals surface area (Å²) in [5.41, 5.74) is 0.416. The molecule has 2 rings (SSSR count). The molecular weight excluding hydrogens is 270 g/mol. The highest BCUT2D eigenvalue weighted by atomic mass is 16.3. The van der Waals surface area contributed by atoms with E-state index < -0.39 is 0 Å². The summed E-state index contributed by atoms with van der Waals surface area (Å²) < 4.78 is 5.14. The van der Waals surface area contributed by atoms with Gasteiger partial charge < -0.3 is 20.0 Å². The quantitative estimate of drug-likeness (QED) is 0.790. The van der Waals surface area contributed by atoms with Gasteiger partial charge in [-0.25, -0.2) is 9.97 Å². The normalized spacial score (nSPS) is 10.6. The van der Waals surface area contributed by atoms with Crippen LogP contribution >= 0.6 is 0 Å². The molecule has 21 heavy (non-hydrogen) atoms. The van der Waals surface area contributed by atoms with Gasteiger partial charge in [0.25, 0.3) is 5.91 Å². The first-order valence-corrected chi connectivity index (χ1v) is 6.66. The van der Waals surface area contributed by atoms with Gasteiger partial charge in [-0.05, 0) is 26.2 Å². The maximum absolute atomic E-state index is 11.9. The first kappa shape index (κ1) is 15.0. The molecule has 0 saturated heterocycles. The van der Waals surface area contributed by atoms with E-state index in [1.807, 2.05) is 14.1 Å². The zero-order valence-corrected chi connectivity index (χ0v) is 12.2. The second-order valence-electron chi connectivity index (χ2n) is 4.79. The Morgan fingerprint density at radius 2 is 2.10 bits per heavy atom. The van der Waals surface area contributed by atoms with Crippen molar-refractivity contribution in [2.45, 2.75) is 6.54 Å². The number of aromatic nitrogens is 2. The third-order valence-corrected chi connectivity index (χ3v) is 2.76. The summed E-state index contributed by atoms with van der Waals surface area (Å²) in [4.78, 5) is 22.2. The van der Waals surface area contributed by atoms with Crippen LogP contribution in [0, 0.1) is 0 Å². The van der Waals surface area contributed by atoms with Crippen molar-refractivity contribution in [2.24, 2.45) is 0 Å². The largest absolute Gasteiger partial charge is 0.467 e. The number of rotatable bonds is 7. The lowest BCUT2D eigenvalue weighted by Gasteiger charge is -2.10. The minimum absolute atomic E-state index is 0.230. The van der Waals surface area contributed by atoms with E-state index in [0.29, 0.717) is 23.8 Å². The Balaban J connectivity index is 1.82. The number of amides is 1. The van der Waals surface area contributed by atoms with Gasteiger partial charge in [-0.3, -0.25) is 4.79 Å².